The van der Waals surface area contributed by atoms with Gasteiger partial charge in [-0.25, -0.2) is 0 Å². The maximum Gasteiger partial charge on any atom is 0.404 e. The second-order valence-corrected chi connectivity index (χ2v) is 2.49. The number of benzene rings is 1. The molecule has 0 spiro atoms. The molecular weight excluding hydrogens is 147 g/mol. The van der Waals surface area contributed by atoms with Crippen LogP contribution in [0.5, 0.6) is 11.5 Å². The lowest BCUT2D eigenvalue weighted by molar-refractivity contribution is -0.173. The second-order valence-electron chi connectivity index (χ2n) is 2.49. The van der Waals surface area contributed by atoms with Crippen LogP contribution in [-0.4, -0.2) is 6.04 Å². The molecule has 2 rings (SSSR count). The molecular formula is C8H7FO2. The molecule has 0 aliphatic carbocycles. The normalized spacial score (nSPS) is 18.4. The molecule has 3 heteroatoms. The van der Waals surface area contributed by atoms with E-state index in [0.717, 1.165) is 0 Å². The Morgan fingerprint density at radius 2 is 1.64 bits per heavy atom. The number of ether oxygens (including phenoxy) is 2. The first kappa shape index (κ1) is 6.46. The first-order valence-corrected chi connectivity index (χ1v) is 3.33. The third-order valence-electron chi connectivity index (χ3n) is 1.43. The van der Waals surface area contributed by atoms with E-state index in [0.29, 0.717) is 11.5 Å². The minimum Gasteiger partial charge on any atom is -0.423 e. The van der Waals surface area contributed by atoms with Crippen molar-refractivity contribution in [3.63, 3.8) is 0 Å². The highest BCUT2D eigenvalue weighted by molar-refractivity contribution is 5.42. The van der Waals surface area contributed by atoms with Gasteiger partial charge in [0.2, 0.25) is 0 Å². The Kier molecular flexibility index (Phi) is 1.10. The molecule has 58 valence electrons. The van der Waals surface area contributed by atoms with Gasteiger partial charge in [0.25, 0.3) is 0 Å². The van der Waals surface area contributed by atoms with Gasteiger partial charge >= 0.3 is 6.04 Å². The lowest BCUT2D eigenvalue weighted by atomic mass is 10.3. The summed E-state index contributed by atoms with van der Waals surface area (Å²) >= 11 is 0. The lowest BCUT2D eigenvalue weighted by Gasteiger charge is -2.10. The predicted octanol–water partition coefficient (Wildman–Crippen LogP) is 2.10. The second kappa shape index (κ2) is 1.87. The van der Waals surface area contributed by atoms with E-state index < -0.39 is 6.04 Å². The maximum atomic E-state index is 13.0. The molecule has 11 heavy (non-hydrogen) atoms. The summed E-state index contributed by atoms with van der Waals surface area (Å²) < 4.78 is 22.6. The van der Waals surface area contributed by atoms with Gasteiger partial charge in [-0.15, -0.1) is 0 Å². The van der Waals surface area contributed by atoms with Crippen molar-refractivity contribution in [3.05, 3.63) is 24.3 Å². The zero-order valence-corrected chi connectivity index (χ0v) is 6.00. The topological polar surface area (TPSA) is 18.5 Å². The summed E-state index contributed by atoms with van der Waals surface area (Å²) in [6.45, 7) is 1.23. The molecule has 0 bridgehead atoms. The summed E-state index contributed by atoms with van der Waals surface area (Å²) in [5, 5.41) is 0. The van der Waals surface area contributed by atoms with Crippen molar-refractivity contribution in [1.29, 1.82) is 0 Å². The van der Waals surface area contributed by atoms with E-state index >= 15 is 0 Å². The Morgan fingerprint density at radius 3 is 2.09 bits per heavy atom. The van der Waals surface area contributed by atoms with Crippen molar-refractivity contribution in [1.82, 2.24) is 0 Å². The standard InChI is InChI=1S/C8H7FO2/c1-8(9)10-6-4-2-3-5-7(6)11-8/h2-5H,1H3. The summed E-state index contributed by atoms with van der Waals surface area (Å²) in [5.41, 5.74) is 0. The van der Waals surface area contributed by atoms with E-state index in [4.69, 9.17) is 9.47 Å². The molecule has 1 aliphatic rings. The molecule has 0 N–H and O–H groups in total. The van der Waals surface area contributed by atoms with E-state index in [1.807, 2.05) is 0 Å². The van der Waals surface area contributed by atoms with E-state index in [-0.39, 0.29) is 0 Å². The van der Waals surface area contributed by atoms with Crippen molar-refractivity contribution in [2.24, 2.45) is 0 Å². The molecule has 0 radical (unpaired) electrons. The molecule has 1 heterocycles. The van der Waals surface area contributed by atoms with Crippen LogP contribution in [-0.2, 0) is 0 Å². The fourth-order valence-electron chi connectivity index (χ4n) is 1.03. The number of alkyl halides is 1. The van der Waals surface area contributed by atoms with Crippen molar-refractivity contribution >= 4 is 0 Å². The quantitative estimate of drug-likeness (QED) is 0.569. The van der Waals surface area contributed by atoms with Crippen LogP contribution in [0.3, 0.4) is 0 Å². The molecule has 0 amide bonds. The Hall–Kier alpha value is -1.25. The zero-order chi connectivity index (χ0) is 7.90. The van der Waals surface area contributed by atoms with Crippen molar-refractivity contribution < 1.29 is 13.9 Å². The van der Waals surface area contributed by atoms with Gasteiger partial charge in [-0.05, 0) is 12.1 Å². The summed E-state index contributed by atoms with van der Waals surface area (Å²) in [5.74, 6) is 0.912. The summed E-state index contributed by atoms with van der Waals surface area (Å²) in [6.07, 6.45) is 0. The van der Waals surface area contributed by atoms with E-state index in [2.05, 4.69) is 0 Å². The molecule has 0 aromatic heterocycles. The molecule has 2 nitrogen and oxygen atoms in total. The molecule has 0 saturated carbocycles. The van der Waals surface area contributed by atoms with Gasteiger partial charge in [-0.2, -0.15) is 4.39 Å². The van der Waals surface area contributed by atoms with E-state index in [1.54, 1.807) is 24.3 Å². The van der Waals surface area contributed by atoms with Crippen LogP contribution in [0, 0.1) is 0 Å². The molecule has 0 unspecified atom stereocenters. The molecule has 0 atom stereocenters. The Morgan fingerprint density at radius 1 is 1.18 bits per heavy atom. The van der Waals surface area contributed by atoms with Crippen LogP contribution in [0.2, 0.25) is 0 Å². The average molecular weight is 154 g/mol. The van der Waals surface area contributed by atoms with Gasteiger partial charge in [-0.3, -0.25) is 0 Å². The predicted molar refractivity (Wildman–Crippen MR) is 37.2 cm³/mol. The van der Waals surface area contributed by atoms with Gasteiger partial charge in [0.05, 0.1) is 0 Å². The van der Waals surface area contributed by atoms with Crippen molar-refractivity contribution in [2.75, 3.05) is 0 Å². The zero-order valence-electron chi connectivity index (χ0n) is 6.00. The van der Waals surface area contributed by atoms with Gasteiger partial charge in [0, 0.05) is 6.92 Å². The molecule has 1 aromatic carbocycles. The molecule has 1 aromatic rings. The summed E-state index contributed by atoms with van der Waals surface area (Å²) in [6, 6.07) is 4.87. The first-order valence-electron chi connectivity index (χ1n) is 3.33. The Labute approximate surface area is 63.5 Å². The highest BCUT2D eigenvalue weighted by Gasteiger charge is 2.36. The van der Waals surface area contributed by atoms with Crippen molar-refractivity contribution in [3.8, 4) is 11.5 Å². The number of rotatable bonds is 0. The molecule has 1 aliphatic heterocycles. The maximum absolute atomic E-state index is 13.0. The lowest BCUT2D eigenvalue weighted by Crippen LogP contribution is -2.27. The fraction of sp³-hybridized carbons (Fsp3) is 0.250. The fourth-order valence-corrected chi connectivity index (χ4v) is 1.03. The number of para-hydroxylation sites is 2. The van der Waals surface area contributed by atoms with Gasteiger partial charge in [0.1, 0.15) is 0 Å². The SMILES string of the molecule is CC1(F)Oc2ccccc2O1. The van der Waals surface area contributed by atoms with Crippen LogP contribution in [0.15, 0.2) is 24.3 Å². The summed E-state index contributed by atoms with van der Waals surface area (Å²) in [7, 11) is 0. The van der Waals surface area contributed by atoms with Crippen LogP contribution < -0.4 is 9.47 Å². The van der Waals surface area contributed by atoms with Crippen LogP contribution in [0.1, 0.15) is 6.92 Å². The van der Waals surface area contributed by atoms with Crippen LogP contribution in [0.25, 0.3) is 0 Å². The highest BCUT2D eigenvalue weighted by Crippen LogP contribution is 2.39. The van der Waals surface area contributed by atoms with Gasteiger partial charge in [-0.1, -0.05) is 12.1 Å². The number of hydrogen-bond acceptors (Lipinski definition) is 2. The third-order valence-corrected chi connectivity index (χ3v) is 1.43. The molecule has 0 saturated heterocycles. The first-order chi connectivity index (χ1) is 5.17. The van der Waals surface area contributed by atoms with Gasteiger partial charge in [0.15, 0.2) is 11.5 Å². The van der Waals surface area contributed by atoms with Crippen LogP contribution >= 0.6 is 0 Å². The van der Waals surface area contributed by atoms with Gasteiger partial charge < -0.3 is 9.47 Å². The monoisotopic (exact) mass is 154 g/mol. The van der Waals surface area contributed by atoms with E-state index in [9.17, 15) is 4.39 Å². The minimum atomic E-state index is -2.00. The Bertz CT molecular complexity index is 256. The third kappa shape index (κ3) is 1.02. The largest absolute Gasteiger partial charge is 0.423 e. The number of halogens is 1. The van der Waals surface area contributed by atoms with Crippen molar-refractivity contribution in [2.45, 2.75) is 13.0 Å². The smallest absolute Gasteiger partial charge is 0.404 e. The van der Waals surface area contributed by atoms with E-state index in [1.165, 1.54) is 6.92 Å². The number of fused-ring (bicyclic) bond motifs is 1. The average Bonchev–Trinajstić information content (AvgIpc) is 2.21. The van der Waals surface area contributed by atoms with Crippen LogP contribution in [0.4, 0.5) is 4.39 Å². The number of hydrogen-bond donors (Lipinski definition) is 0. The summed E-state index contributed by atoms with van der Waals surface area (Å²) in [4.78, 5) is 0. The Balaban J connectivity index is 2.41. The highest BCUT2D eigenvalue weighted by atomic mass is 19.2. The minimum absolute atomic E-state index is 0.456. The molecule has 0 fully saturated rings.